The number of nitrogens with one attached hydrogen (secondary N) is 1. The highest BCUT2D eigenvalue weighted by Crippen LogP contribution is 2.23. The van der Waals surface area contributed by atoms with Gasteiger partial charge in [-0.2, -0.15) is 0 Å². The van der Waals surface area contributed by atoms with Crippen LogP contribution in [0.1, 0.15) is 51.4 Å². The summed E-state index contributed by atoms with van der Waals surface area (Å²) in [6.07, 6.45) is 5.70. The van der Waals surface area contributed by atoms with Crippen LogP contribution in [-0.2, 0) is 22.6 Å². The SMILES string of the molecule is CCCNCc1occc1COC1CC(C)OC(C)C1. The van der Waals surface area contributed by atoms with Gasteiger partial charge in [-0.1, -0.05) is 6.92 Å². The summed E-state index contributed by atoms with van der Waals surface area (Å²) in [6.45, 7) is 8.81. The third kappa shape index (κ3) is 4.62. The van der Waals surface area contributed by atoms with Crippen LogP contribution in [0, 0.1) is 0 Å². The molecule has 0 spiro atoms. The van der Waals surface area contributed by atoms with Crippen molar-refractivity contribution in [2.75, 3.05) is 6.54 Å². The van der Waals surface area contributed by atoms with E-state index in [0.29, 0.717) is 24.9 Å². The van der Waals surface area contributed by atoms with E-state index in [0.717, 1.165) is 43.7 Å². The molecule has 4 nitrogen and oxygen atoms in total. The van der Waals surface area contributed by atoms with Gasteiger partial charge in [0, 0.05) is 5.56 Å². The first-order chi connectivity index (χ1) is 9.69. The van der Waals surface area contributed by atoms with Crippen LogP contribution in [0.25, 0.3) is 0 Å². The minimum absolute atomic E-state index is 0.291. The second-order valence-corrected chi connectivity index (χ2v) is 5.71. The Morgan fingerprint density at radius 3 is 2.75 bits per heavy atom. The Bertz CT molecular complexity index is 381. The van der Waals surface area contributed by atoms with Crippen LogP contribution in [0.15, 0.2) is 16.7 Å². The molecule has 2 atom stereocenters. The minimum Gasteiger partial charge on any atom is -0.468 e. The lowest BCUT2D eigenvalue weighted by atomic mass is 10.0. The summed E-state index contributed by atoms with van der Waals surface area (Å²) in [5.74, 6) is 0.992. The zero-order valence-corrected chi connectivity index (χ0v) is 12.9. The summed E-state index contributed by atoms with van der Waals surface area (Å²) in [5, 5.41) is 3.36. The molecule has 1 aliphatic heterocycles. The normalized spacial score (nSPS) is 26.9. The van der Waals surface area contributed by atoms with Gasteiger partial charge in [-0.3, -0.25) is 0 Å². The van der Waals surface area contributed by atoms with Gasteiger partial charge < -0.3 is 19.2 Å². The van der Waals surface area contributed by atoms with Crippen molar-refractivity contribution in [2.24, 2.45) is 0 Å². The van der Waals surface area contributed by atoms with E-state index in [4.69, 9.17) is 13.9 Å². The Morgan fingerprint density at radius 1 is 1.30 bits per heavy atom. The molecule has 2 unspecified atom stereocenters. The molecule has 0 saturated carbocycles. The third-order valence-electron chi connectivity index (χ3n) is 3.68. The average Bonchev–Trinajstić information content (AvgIpc) is 2.83. The van der Waals surface area contributed by atoms with Crippen LogP contribution in [0.3, 0.4) is 0 Å². The van der Waals surface area contributed by atoms with Gasteiger partial charge in [-0.15, -0.1) is 0 Å². The van der Waals surface area contributed by atoms with E-state index in [1.54, 1.807) is 6.26 Å². The fraction of sp³-hybridized carbons (Fsp3) is 0.750. The summed E-state index contributed by atoms with van der Waals surface area (Å²) >= 11 is 0. The number of ether oxygens (including phenoxy) is 2. The highest BCUT2D eigenvalue weighted by atomic mass is 16.5. The lowest BCUT2D eigenvalue weighted by Gasteiger charge is -2.31. The Hall–Kier alpha value is -0.840. The summed E-state index contributed by atoms with van der Waals surface area (Å²) in [7, 11) is 0. The maximum Gasteiger partial charge on any atom is 0.123 e. The zero-order valence-electron chi connectivity index (χ0n) is 12.9. The van der Waals surface area contributed by atoms with Gasteiger partial charge in [0.15, 0.2) is 0 Å². The Kier molecular flexibility index (Phi) is 6.07. The van der Waals surface area contributed by atoms with Crippen molar-refractivity contribution < 1.29 is 13.9 Å². The molecule has 0 aliphatic carbocycles. The lowest BCUT2D eigenvalue weighted by Crippen LogP contribution is -2.34. The van der Waals surface area contributed by atoms with Crippen molar-refractivity contribution in [1.82, 2.24) is 5.32 Å². The van der Waals surface area contributed by atoms with Crippen LogP contribution in [0.4, 0.5) is 0 Å². The predicted octanol–water partition coefficient (Wildman–Crippen LogP) is 3.25. The van der Waals surface area contributed by atoms with Crippen molar-refractivity contribution in [3.63, 3.8) is 0 Å². The van der Waals surface area contributed by atoms with E-state index in [1.807, 2.05) is 6.07 Å². The first kappa shape index (κ1) is 15.5. The second-order valence-electron chi connectivity index (χ2n) is 5.71. The highest BCUT2D eigenvalue weighted by Gasteiger charge is 2.25. The average molecular weight is 281 g/mol. The van der Waals surface area contributed by atoms with Crippen molar-refractivity contribution in [3.05, 3.63) is 23.7 Å². The molecule has 0 amide bonds. The molecule has 0 radical (unpaired) electrons. The van der Waals surface area contributed by atoms with Crippen molar-refractivity contribution in [2.45, 2.75) is 71.5 Å². The number of hydrogen-bond donors (Lipinski definition) is 1. The summed E-state index contributed by atoms with van der Waals surface area (Å²) < 4.78 is 17.3. The summed E-state index contributed by atoms with van der Waals surface area (Å²) in [5.41, 5.74) is 1.15. The van der Waals surface area contributed by atoms with Crippen LogP contribution in [0.2, 0.25) is 0 Å². The molecule has 1 aromatic heterocycles. The van der Waals surface area contributed by atoms with E-state index in [-0.39, 0.29) is 0 Å². The van der Waals surface area contributed by atoms with Gasteiger partial charge >= 0.3 is 0 Å². The van der Waals surface area contributed by atoms with Crippen LogP contribution in [0.5, 0.6) is 0 Å². The molecule has 1 aromatic rings. The van der Waals surface area contributed by atoms with E-state index < -0.39 is 0 Å². The van der Waals surface area contributed by atoms with Crippen LogP contribution < -0.4 is 5.32 Å². The Balaban J connectivity index is 1.80. The molecule has 20 heavy (non-hydrogen) atoms. The third-order valence-corrected chi connectivity index (χ3v) is 3.68. The molecule has 1 fully saturated rings. The van der Waals surface area contributed by atoms with Crippen molar-refractivity contribution in [3.8, 4) is 0 Å². The molecule has 1 aliphatic rings. The molecule has 0 aromatic carbocycles. The van der Waals surface area contributed by atoms with Gasteiger partial charge in [-0.05, 0) is 45.7 Å². The summed E-state index contributed by atoms with van der Waals surface area (Å²) in [4.78, 5) is 0. The molecule has 2 rings (SSSR count). The van der Waals surface area contributed by atoms with E-state index >= 15 is 0 Å². The van der Waals surface area contributed by atoms with E-state index in [2.05, 4.69) is 26.1 Å². The molecule has 0 bridgehead atoms. The van der Waals surface area contributed by atoms with Gasteiger partial charge in [0.1, 0.15) is 5.76 Å². The topological polar surface area (TPSA) is 43.6 Å². The maximum absolute atomic E-state index is 6.05. The Labute approximate surface area is 121 Å². The smallest absolute Gasteiger partial charge is 0.123 e. The fourth-order valence-corrected chi connectivity index (χ4v) is 2.72. The first-order valence-electron chi connectivity index (χ1n) is 7.72. The molecule has 114 valence electrons. The van der Waals surface area contributed by atoms with E-state index in [1.165, 1.54) is 0 Å². The second kappa shape index (κ2) is 7.81. The van der Waals surface area contributed by atoms with Crippen molar-refractivity contribution in [1.29, 1.82) is 0 Å². The number of rotatable bonds is 7. The highest BCUT2D eigenvalue weighted by molar-refractivity contribution is 5.15. The number of furan rings is 1. The minimum atomic E-state index is 0.291. The molecular weight excluding hydrogens is 254 g/mol. The molecule has 2 heterocycles. The fourth-order valence-electron chi connectivity index (χ4n) is 2.72. The molecule has 1 N–H and O–H groups in total. The van der Waals surface area contributed by atoms with Gasteiger partial charge in [0.2, 0.25) is 0 Å². The first-order valence-corrected chi connectivity index (χ1v) is 7.72. The molecular formula is C16H27NO3. The quantitative estimate of drug-likeness (QED) is 0.779. The van der Waals surface area contributed by atoms with Gasteiger partial charge in [0.05, 0.1) is 37.7 Å². The van der Waals surface area contributed by atoms with E-state index in [9.17, 15) is 0 Å². The van der Waals surface area contributed by atoms with Gasteiger partial charge in [0.25, 0.3) is 0 Å². The monoisotopic (exact) mass is 281 g/mol. The van der Waals surface area contributed by atoms with Crippen molar-refractivity contribution >= 4 is 0 Å². The van der Waals surface area contributed by atoms with Crippen LogP contribution >= 0.6 is 0 Å². The summed E-state index contributed by atoms with van der Waals surface area (Å²) in [6, 6.07) is 2.01. The van der Waals surface area contributed by atoms with Crippen LogP contribution in [-0.4, -0.2) is 24.9 Å². The molecule has 4 heteroatoms. The predicted molar refractivity (Wildman–Crippen MR) is 78.5 cm³/mol. The number of hydrogen-bond acceptors (Lipinski definition) is 4. The van der Waals surface area contributed by atoms with Gasteiger partial charge in [-0.25, -0.2) is 0 Å². The Morgan fingerprint density at radius 2 is 2.05 bits per heavy atom. The largest absolute Gasteiger partial charge is 0.468 e. The zero-order chi connectivity index (χ0) is 14.4. The lowest BCUT2D eigenvalue weighted by molar-refractivity contribution is -0.106. The standard InChI is InChI=1S/C16H27NO3/c1-4-6-17-10-16-14(5-7-18-16)11-19-15-8-12(2)20-13(3)9-15/h5,7,12-13,15,17H,4,6,8-11H2,1-3H3. The molecule has 1 saturated heterocycles. The maximum atomic E-state index is 6.05.